The van der Waals surface area contributed by atoms with Gasteiger partial charge in [0.05, 0.1) is 10.8 Å². The molecular weight excluding hydrogens is 260 g/mol. The lowest BCUT2D eigenvalue weighted by Crippen LogP contribution is -2.35. The molecule has 1 unspecified atom stereocenters. The Kier molecular flexibility index (Phi) is 4.96. The van der Waals surface area contributed by atoms with Crippen molar-refractivity contribution in [3.8, 4) is 0 Å². The van der Waals surface area contributed by atoms with Crippen LogP contribution in [0.5, 0.6) is 0 Å². The number of carbonyl (C=O) groups excluding carboxylic acids is 1. The van der Waals surface area contributed by atoms with Gasteiger partial charge in [0, 0.05) is 23.7 Å². The molecular formula is C14H20N2O2S. The van der Waals surface area contributed by atoms with E-state index in [0.29, 0.717) is 10.6 Å². The average Bonchev–Trinajstić information content (AvgIpc) is 2.68. The molecule has 1 atom stereocenters. The van der Waals surface area contributed by atoms with Crippen LogP contribution in [-0.2, 0) is 15.6 Å². The van der Waals surface area contributed by atoms with E-state index in [9.17, 15) is 9.00 Å². The van der Waals surface area contributed by atoms with Gasteiger partial charge >= 0.3 is 0 Å². The second-order valence-electron chi connectivity index (χ2n) is 4.85. The zero-order valence-electron chi connectivity index (χ0n) is 11.0. The second kappa shape index (κ2) is 6.70. The van der Waals surface area contributed by atoms with Crippen LogP contribution in [0.25, 0.3) is 0 Å². The first-order valence-corrected chi connectivity index (χ1v) is 8.00. The van der Waals surface area contributed by atoms with Crippen molar-refractivity contribution >= 4 is 22.4 Å². The summed E-state index contributed by atoms with van der Waals surface area (Å²) in [6, 6.07) is 6.87. The molecule has 0 bridgehead atoms. The second-order valence-corrected chi connectivity index (χ2v) is 6.31. The Morgan fingerprint density at radius 3 is 2.26 bits per heavy atom. The molecule has 0 saturated carbocycles. The number of nitrogens with zero attached hydrogens (tertiary/aromatic N) is 1. The molecule has 1 fully saturated rings. The molecule has 19 heavy (non-hydrogen) atoms. The number of rotatable bonds is 3. The largest absolute Gasteiger partial charge is 0.399 e. The summed E-state index contributed by atoms with van der Waals surface area (Å²) in [7, 11) is -1.28. The van der Waals surface area contributed by atoms with E-state index < -0.39 is 10.8 Å². The van der Waals surface area contributed by atoms with E-state index in [-0.39, 0.29) is 11.7 Å². The van der Waals surface area contributed by atoms with E-state index in [2.05, 4.69) is 0 Å². The summed E-state index contributed by atoms with van der Waals surface area (Å²) in [6.45, 7) is 1.61. The van der Waals surface area contributed by atoms with Gasteiger partial charge in [-0.25, -0.2) is 0 Å². The molecule has 1 heterocycles. The standard InChI is InChI=1S/C14H20N2O2S/c15-12-5-7-13(8-6-12)19(18)11-14(17)16-9-3-1-2-4-10-16/h5-8H,1-4,9-11,15H2. The summed E-state index contributed by atoms with van der Waals surface area (Å²) in [4.78, 5) is 14.6. The van der Waals surface area contributed by atoms with Gasteiger partial charge in [0.1, 0.15) is 5.75 Å². The first kappa shape index (κ1) is 14.1. The third-order valence-corrected chi connectivity index (χ3v) is 4.66. The molecule has 5 heteroatoms. The van der Waals surface area contributed by atoms with E-state index in [1.54, 1.807) is 24.3 Å². The van der Waals surface area contributed by atoms with Gasteiger partial charge in [-0.15, -0.1) is 0 Å². The van der Waals surface area contributed by atoms with Crippen LogP contribution in [0.1, 0.15) is 25.7 Å². The van der Waals surface area contributed by atoms with Crippen molar-refractivity contribution in [2.24, 2.45) is 0 Å². The summed E-state index contributed by atoms with van der Waals surface area (Å²) in [5.41, 5.74) is 6.23. The zero-order chi connectivity index (χ0) is 13.7. The van der Waals surface area contributed by atoms with Crippen molar-refractivity contribution in [1.29, 1.82) is 0 Å². The predicted molar refractivity (Wildman–Crippen MR) is 77.2 cm³/mol. The number of nitrogen functional groups attached to an aromatic ring is 1. The normalized spacial score (nSPS) is 17.8. The van der Waals surface area contributed by atoms with Gasteiger partial charge in [0.15, 0.2) is 0 Å². The predicted octanol–water partition coefficient (Wildman–Crippen LogP) is 1.78. The number of amides is 1. The first-order valence-electron chi connectivity index (χ1n) is 6.68. The molecule has 1 amide bonds. The third-order valence-electron chi connectivity index (χ3n) is 3.36. The van der Waals surface area contributed by atoms with Crippen molar-refractivity contribution in [2.75, 3.05) is 24.6 Å². The number of carbonyl (C=O) groups is 1. The maximum atomic E-state index is 12.1. The van der Waals surface area contributed by atoms with Crippen molar-refractivity contribution in [3.63, 3.8) is 0 Å². The molecule has 4 nitrogen and oxygen atoms in total. The van der Waals surface area contributed by atoms with Crippen LogP contribution in [0.4, 0.5) is 5.69 Å². The highest BCUT2D eigenvalue weighted by Gasteiger charge is 2.18. The van der Waals surface area contributed by atoms with Crippen molar-refractivity contribution in [3.05, 3.63) is 24.3 Å². The SMILES string of the molecule is Nc1ccc(S(=O)CC(=O)N2CCCCCC2)cc1. The highest BCUT2D eigenvalue weighted by molar-refractivity contribution is 7.85. The molecule has 0 aliphatic carbocycles. The number of nitrogens with two attached hydrogens (primary N) is 1. The van der Waals surface area contributed by atoms with Crippen LogP contribution in [0.3, 0.4) is 0 Å². The summed E-state index contributed by atoms with van der Waals surface area (Å²) in [5.74, 6) is 0.0706. The summed E-state index contributed by atoms with van der Waals surface area (Å²) >= 11 is 0. The molecule has 1 aliphatic rings. The lowest BCUT2D eigenvalue weighted by molar-refractivity contribution is -0.128. The van der Waals surface area contributed by atoms with E-state index in [1.165, 1.54) is 12.8 Å². The smallest absolute Gasteiger partial charge is 0.235 e. The van der Waals surface area contributed by atoms with E-state index in [1.807, 2.05) is 4.90 Å². The molecule has 2 N–H and O–H groups in total. The molecule has 1 saturated heterocycles. The lowest BCUT2D eigenvalue weighted by atomic mass is 10.2. The number of likely N-dealkylation sites (tertiary alicyclic amines) is 1. The molecule has 1 aliphatic heterocycles. The van der Waals surface area contributed by atoms with E-state index in [4.69, 9.17) is 5.73 Å². The minimum atomic E-state index is -1.28. The Labute approximate surface area is 116 Å². The molecule has 0 radical (unpaired) electrons. The molecule has 0 aromatic heterocycles. The van der Waals surface area contributed by atoms with Crippen LogP contribution in [-0.4, -0.2) is 33.9 Å². The van der Waals surface area contributed by atoms with Crippen LogP contribution in [0.2, 0.25) is 0 Å². The van der Waals surface area contributed by atoms with Crippen LogP contribution >= 0.6 is 0 Å². The van der Waals surface area contributed by atoms with Gasteiger partial charge in [-0.2, -0.15) is 0 Å². The van der Waals surface area contributed by atoms with Crippen LogP contribution in [0, 0.1) is 0 Å². The minimum absolute atomic E-state index is 0.00272. The third kappa shape index (κ3) is 4.06. The van der Waals surface area contributed by atoms with Crippen molar-refractivity contribution in [1.82, 2.24) is 4.90 Å². The van der Waals surface area contributed by atoms with Gasteiger partial charge in [0.25, 0.3) is 0 Å². The Bertz CT molecular complexity index is 451. The van der Waals surface area contributed by atoms with E-state index in [0.717, 1.165) is 25.9 Å². The highest BCUT2D eigenvalue weighted by Crippen LogP contribution is 2.13. The van der Waals surface area contributed by atoms with Gasteiger partial charge in [-0.3, -0.25) is 9.00 Å². The number of hydrogen-bond acceptors (Lipinski definition) is 3. The topological polar surface area (TPSA) is 63.4 Å². The highest BCUT2D eigenvalue weighted by atomic mass is 32.2. The van der Waals surface area contributed by atoms with Crippen LogP contribution in [0.15, 0.2) is 29.2 Å². The minimum Gasteiger partial charge on any atom is -0.399 e. The number of anilines is 1. The maximum absolute atomic E-state index is 12.1. The molecule has 104 valence electrons. The van der Waals surface area contributed by atoms with Gasteiger partial charge in [-0.05, 0) is 37.1 Å². The quantitative estimate of drug-likeness (QED) is 0.858. The summed E-state index contributed by atoms with van der Waals surface area (Å²) in [5, 5.41) is 0. The summed E-state index contributed by atoms with van der Waals surface area (Å²) in [6.07, 6.45) is 4.48. The zero-order valence-corrected chi connectivity index (χ0v) is 11.8. The molecule has 0 spiro atoms. The van der Waals surface area contributed by atoms with Gasteiger partial charge < -0.3 is 10.6 Å². The van der Waals surface area contributed by atoms with Crippen molar-refractivity contribution in [2.45, 2.75) is 30.6 Å². The monoisotopic (exact) mass is 280 g/mol. The van der Waals surface area contributed by atoms with E-state index >= 15 is 0 Å². The Hall–Kier alpha value is -1.36. The Balaban J connectivity index is 1.94. The van der Waals surface area contributed by atoms with Gasteiger partial charge in [0.2, 0.25) is 5.91 Å². The van der Waals surface area contributed by atoms with Crippen molar-refractivity contribution < 1.29 is 9.00 Å². The number of hydrogen-bond donors (Lipinski definition) is 1. The maximum Gasteiger partial charge on any atom is 0.235 e. The van der Waals surface area contributed by atoms with Crippen LogP contribution < -0.4 is 5.73 Å². The average molecular weight is 280 g/mol. The molecule has 2 rings (SSSR count). The van der Waals surface area contributed by atoms with Gasteiger partial charge in [-0.1, -0.05) is 12.8 Å². The lowest BCUT2D eigenvalue weighted by Gasteiger charge is -2.19. The fraction of sp³-hybridized carbons (Fsp3) is 0.500. The summed E-state index contributed by atoms with van der Waals surface area (Å²) < 4.78 is 12.1. The fourth-order valence-corrected chi connectivity index (χ4v) is 3.24. The fourth-order valence-electron chi connectivity index (χ4n) is 2.23. The molecule has 1 aromatic carbocycles. The Morgan fingerprint density at radius 2 is 1.68 bits per heavy atom. The number of benzene rings is 1. The Morgan fingerprint density at radius 1 is 1.11 bits per heavy atom. The molecule has 1 aromatic rings. The first-order chi connectivity index (χ1) is 9.16.